The van der Waals surface area contributed by atoms with Gasteiger partial charge in [0.15, 0.2) is 11.6 Å². The fraction of sp³-hybridized carbons (Fsp3) is 0.600. The second kappa shape index (κ2) is 9.32. The van der Waals surface area contributed by atoms with E-state index in [0.29, 0.717) is 18.4 Å². The van der Waals surface area contributed by atoms with E-state index in [2.05, 4.69) is 35.1 Å². The lowest BCUT2D eigenvalue weighted by Gasteiger charge is -2.09. The number of hydrogen-bond donors (Lipinski definition) is 1. The second-order valence-electron chi connectivity index (χ2n) is 4.95. The fourth-order valence-corrected chi connectivity index (χ4v) is 2.08. The van der Waals surface area contributed by atoms with Crippen LogP contribution in [0.4, 0.5) is 4.39 Å². The summed E-state index contributed by atoms with van der Waals surface area (Å²) in [7, 11) is 0. The summed E-state index contributed by atoms with van der Waals surface area (Å²) < 4.78 is 19.6. The van der Waals surface area contributed by atoms with Crippen molar-refractivity contribution in [2.45, 2.75) is 45.6 Å². The SMILES string of the molecule is CC(C)NCCCCCCOc1cc(Br)ccc1F. The molecule has 0 aliphatic rings. The summed E-state index contributed by atoms with van der Waals surface area (Å²) >= 11 is 3.31. The highest BCUT2D eigenvalue weighted by molar-refractivity contribution is 9.10. The zero-order chi connectivity index (χ0) is 14.1. The molecule has 0 fully saturated rings. The Morgan fingerprint density at radius 1 is 1.21 bits per heavy atom. The second-order valence-corrected chi connectivity index (χ2v) is 5.86. The summed E-state index contributed by atoms with van der Waals surface area (Å²) in [6.45, 7) is 5.95. The molecule has 1 N–H and O–H groups in total. The van der Waals surface area contributed by atoms with Crippen LogP contribution in [0.2, 0.25) is 0 Å². The molecule has 0 atom stereocenters. The molecule has 0 saturated carbocycles. The summed E-state index contributed by atoms with van der Waals surface area (Å²) in [5.74, 6) is 0.0279. The Kier molecular flexibility index (Phi) is 8.07. The molecule has 1 aromatic rings. The number of rotatable bonds is 9. The molecule has 0 unspecified atom stereocenters. The first-order chi connectivity index (χ1) is 9.09. The Balaban J connectivity index is 2.06. The molecule has 108 valence electrons. The lowest BCUT2D eigenvalue weighted by Crippen LogP contribution is -2.23. The maximum absolute atomic E-state index is 13.4. The molecule has 1 rings (SSSR count). The number of benzene rings is 1. The van der Waals surface area contributed by atoms with Gasteiger partial charge in [-0.2, -0.15) is 0 Å². The highest BCUT2D eigenvalue weighted by Crippen LogP contribution is 2.22. The van der Waals surface area contributed by atoms with Crippen LogP contribution in [-0.2, 0) is 0 Å². The van der Waals surface area contributed by atoms with Crippen LogP contribution in [0, 0.1) is 5.82 Å². The first kappa shape index (κ1) is 16.4. The predicted octanol–water partition coefficient (Wildman–Crippen LogP) is 4.53. The number of unbranched alkanes of at least 4 members (excludes halogenated alkanes) is 3. The molecular weight excluding hydrogens is 309 g/mol. The maximum atomic E-state index is 13.4. The van der Waals surface area contributed by atoms with E-state index in [1.165, 1.54) is 18.9 Å². The largest absolute Gasteiger partial charge is 0.490 e. The minimum absolute atomic E-state index is 0.302. The quantitative estimate of drug-likeness (QED) is 0.671. The Hall–Kier alpha value is -0.610. The van der Waals surface area contributed by atoms with Gasteiger partial charge in [0.25, 0.3) is 0 Å². The van der Waals surface area contributed by atoms with Gasteiger partial charge < -0.3 is 10.1 Å². The van der Waals surface area contributed by atoms with Crippen molar-refractivity contribution >= 4 is 15.9 Å². The molecule has 0 radical (unpaired) electrons. The van der Waals surface area contributed by atoms with Crippen LogP contribution in [0.3, 0.4) is 0 Å². The van der Waals surface area contributed by atoms with Crippen molar-refractivity contribution in [1.29, 1.82) is 0 Å². The van der Waals surface area contributed by atoms with Crippen LogP contribution in [0.15, 0.2) is 22.7 Å². The van der Waals surface area contributed by atoms with Crippen LogP contribution >= 0.6 is 15.9 Å². The third-order valence-corrected chi connectivity index (χ3v) is 3.27. The van der Waals surface area contributed by atoms with Crippen molar-refractivity contribution in [2.24, 2.45) is 0 Å². The lowest BCUT2D eigenvalue weighted by atomic mass is 10.2. The van der Waals surface area contributed by atoms with Crippen molar-refractivity contribution < 1.29 is 9.13 Å². The van der Waals surface area contributed by atoms with E-state index < -0.39 is 0 Å². The van der Waals surface area contributed by atoms with Gasteiger partial charge >= 0.3 is 0 Å². The van der Waals surface area contributed by atoms with Crippen molar-refractivity contribution in [1.82, 2.24) is 5.32 Å². The van der Waals surface area contributed by atoms with Crippen LogP contribution in [-0.4, -0.2) is 19.2 Å². The Bertz CT molecular complexity index is 371. The van der Waals surface area contributed by atoms with Gasteiger partial charge in [0.05, 0.1) is 6.61 Å². The van der Waals surface area contributed by atoms with Crippen LogP contribution in [0.1, 0.15) is 39.5 Å². The zero-order valence-electron chi connectivity index (χ0n) is 11.7. The molecule has 19 heavy (non-hydrogen) atoms. The van der Waals surface area contributed by atoms with Crippen LogP contribution < -0.4 is 10.1 Å². The first-order valence-electron chi connectivity index (χ1n) is 6.91. The monoisotopic (exact) mass is 331 g/mol. The fourth-order valence-electron chi connectivity index (χ4n) is 1.74. The molecule has 0 aliphatic heterocycles. The van der Waals surface area contributed by atoms with E-state index in [1.807, 2.05) is 0 Å². The molecule has 0 aliphatic carbocycles. The van der Waals surface area contributed by atoms with Crippen molar-refractivity contribution in [3.8, 4) is 5.75 Å². The predicted molar refractivity (Wildman–Crippen MR) is 81.2 cm³/mol. The van der Waals surface area contributed by atoms with Crippen molar-refractivity contribution in [3.05, 3.63) is 28.5 Å². The third-order valence-electron chi connectivity index (χ3n) is 2.77. The van der Waals surface area contributed by atoms with E-state index in [-0.39, 0.29) is 5.82 Å². The summed E-state index contributed by atoms with van der Waals surface area (Å²) in [6, 6.07) is 5.31. The summed E-state index contributed by atoms with van der Waals surface area (Å²) in [4.78, 5) is 0. The van der Waals surface area contributed by atoms with E-state index >= 15 is 0 Å². The Labute approximate surface area is 123 Å². The van der Waals surface area contributed by atoms with Gasteiger partial charge in [-0.05, 0) is 37.6 Å². The van der Waals surface area contributed by atoms with E-state index in [0.717, 1.165) is 23.9 Å². The van der Waals surface area contributed by atoms with Gasteiger partial charge in [-0.1, -0.05) is 42.6 Å². The van der Waals surface area contributed by atoms with Crippen LogP contribution in [0.5, 0.6) is 5.75 Å². The molecule has 4 heteroatoms. The van der Waals surface area contributed by atoms with Gasteiger partial charge in [0.1, 0.15) is 0 Å². The number of halogens is 2. The lowest BCUT2D eigenvalue weighted by molar-refractivity contribution is 0.290. The normalized spacial score (nSPS) is 11.0. The van der Waals surface area contributed by atoms with E-state index in [9.17, 15) is 4.39 Å². The molecule has 2 nitrogen and oxygen atoms in total. The van der Waals surface area contributed by atoms with Crippen molar-refractivity contribution in [3.63, 3.8) is 0 Å². The summed E-state index contributed by atoms with van der Waals surface area (Å²) in [6.07, 6.45) is 4.45. The summed E-state index contributed by atoms with van der Waals surface area (Å²) in [5.41, 5.74) is 0. The zero-order valence-corrected chi connectivity index (χ0v) is 13.3. The standard InChI is InChI=1S/C15H23BrFNO/c1-12(2)18-9-5-3-4-6-10-19-15-11-13(16)7-8-14(15)17/h7-8,11-12,18H,3-6,9-10H2,1-2H3. The summed E-state index contributed by atoms with van der Waals surface area (Å²) in [5, 5.41) is 3.39. The maximum Gasteiger partial charge on any atom is 0.165 e. The average Bonchev–Trinajstić information content (AvgIpc) is 2.36. The number of hydrogen-bond acceptors (Lipinski definition) is 2. The number of nitrogens with one attached hydrogen (secondary N) is 1. The van der Waals surface area contributed by atoms with E-state index in [1.54, 1.807) is 12.1 Å². The molecule has 0 heterocycles. The smallest absolute Gasteiger partial charge is 0.165 e. The molecule has 0 aromatic heterocycles. The molecule has 0 amide bonds. The van der Waals surface area contributed by atoms with Crippen LogP contribution in [0.25, 0.3) is 0 Å². The average molecular weight is 332 g/mol. The highest BCUT2D eigenvalue weighted by Gasteiger charge is 2.03. The van der Waals surface area contributed by atoms with Gasteiger partial charge in [0, 0.05) is 10.5 Å². The van der Waals surface area contributed by atoms with Crippen molar-refractivity contribution in [2.75, 3.05) is 13.2 Å². The highest BCUT2D eigenvalue weighted by atomic mass is 79.9. The molecule has 0 saturated heterocycles. The minimum atomic E-state index is -0.302. The Morgan fingerprint density at radius 3 is 2.68 bits per heavy atom. The molecule has 0 spiro atoms. The van der Waals surface area contributed by atoms with Gasteiger partial charge in [-0.3, -0.25) is 0 Å². The first-order valence-corrected chi connectivity index (χ1v) is 7.70. The molecule has 0 bridgehead atoms. The molecular formula is C15H23BrFNO. The van der Waals surface area contributed by atoms with Gasteiger partial charge in [0.2, 0.25) is 0 Å². The number of ether oxygens (including phenoxy) is 1. The Morgan fingerprint density at radius 2 is 1.95 bits per heavy atom. The minimum Gasteiger partial charge on any atom is -0.490 e. The van der Waals surface area contributed by atoms with E-state index in [4.69, 9.17) is 4.74 Å². The molecule has 1 aromatic carbocycles. The van der Waals surface area contributed by atoms with Gasteiger partial charge in [-0.25, -0.2) is 4.39 Å². The van der Waals surface area contributed by atoms with Gasteiger partial charge in [-0.15, -0.1) is 0 Å². The topological polar surface area (TPSA) is 21.3 Å². The third kappa shape index (κ3) is 7.53.